The first-order valence-electron chi connectivity index (χ1n) is 7.39. The number of aliphatic carboxylic acids is 1. The Bertz CT molecular complexity index is 497. The third-order valence-corrected chi connectivity index (χ3v) is 3.86. The lowest BCUT2D eigenvalue weighted by Gasteiger charge is -2.32. The fourth-order valence-electron chi connectivity index (χ4n) is 2.91. The number of likely N-dealkylation sites (tertiary alicyclic amines) is 1. The Balaban J connectivity index is 2.03. The van der Waals surface area contributed by atoms with E-state index in [0.29, 0.717) is 5.92 Å². The van der Waals surface area contributed by atoms with Crippen LogP contribution in [0.1, 0.15) is 24.0 Å². The molecule has 0 radical (unpaired) electrons. The Morgan fingerprint density at radius 3 is 3.05 bits per heavy atom. The van der Waals surface area contributed by atoms with Crippen LogP contribution in [0.25, 0.3) is 6.08 Å². The molecule has 0 spiro atoms. The lowest BCUT2D eigenvalue weighted by atomic mass is 9.97. The maximum atomic E-state index is 10.7. The second kappa shape index (κ2) is 7.96. The maximum Gasteiger partial charge on any atom is 0.328 e. The van der Waals surface area contributed by atoms with Crippen molar-refractivity contribution in [3.05, 3.63) is 41.5 Å². The summed E-state index contributed by atoms with van der Waals surface area (Å²) in [7, 11) is 1.75. The predicted octanol–water partition coefficient (Wildman–Crippen LogP) is 2.64. The minimum Gasteiger partial charge on any atom is -0.478 e. The van der Waals surface area contributed by atoms with Gasteiger partial charge in [-0.3, -0.25) is 4.90 Å². The number of carboxylic acids is 1. The zero-order chi connectivity index (χ0) is 15.1. The fourth-order valence-corrected chi connectivity index (χ4v) is 2.91. The molecule has 114 valence electrons. The number of nitrogens with zero attached hydrogens (tertiary/aromatic N) is 1. The van der Waals surface area contributed by atoms with E-state index in [-0.39, 0.29) is 0 Å². The van der Waals surface area contributed by atoms with Gasteiger partial charge in [0.15, 0.2) is 0 Å². The van der Waals surface area contributed by atoms with Gasteiger partial charge in [0, 0.05) is 26.3 Å². The summed E-state index contributed by atoms with van der Waals surface area (Å²) < 4.78 is 5.27. The summed E-state index contributed by atoms with van der Waals surface area (Å²) >= 11 is 0. The van der Waals surface area contributed by atoms with Gasteiger partial charge < -0.3 is 9.84 Å². The highest BCUT2D eigenvalue weighted by Crippen LogP contribution is 2.20. The van der Waals surface area contributed by atoms with Gasteiger partial charge in [-0.05, 0) is 42.5 Å². The molecule has 0 saturated carbocycles. The normalized spacial score (nSPS) is 20.0. The van der Waals surface area contributed by atoms with Crippen molar-refractivity contribution in [1.29, 1.82) is 0 Å². The molecule has 1 atom stereocenters. The molecule has 1 fully saturated rings. The lowest BCUT2D eigenvalue weighted by Crippen LogP contribution is -2.36. The van der Waals surface area contributed by atoms with Gasteiger partial charge in [0.2, 0.25) is 0 Å². The average Bonchev–Trinajstić information content (AvgIpc) is 2.47. The number of ether oxygens (including phenoxy) is 1. The van der Waals surface area contributed by atoms with Gasteiger partial charge in [0.25, 0.3) is 0 Å². The molecule has 0 aromatic heterocycles. The summed E-state index contributed by atoms with van der Waals surface area (Å²) in [5, 5.41) is 8.77. The topological polar surface area (TPSA) is 49.8 Å². The maximum absolute atomic E-state index is 10.7. The van der Waals surface area contributed by atoms with Crippen LogP contribution in [-0.4, -0.2) is 42.8 Å². The van der Waals surface area contributed by atoms with Gasteiger partial charge in [-0.1, -0.05) is 24.3 Å². The van der Waals surface area contributed by atoms with Gasteiger partial charge in [-0.25, -0.2) is 4.79 Å². The van der Waals surface area contributed by atoms with E-state index in [1.807, 2.05) is 18.2 Å². The molecule has 2 rings (SSSR count). The molecule has 1 aromatic rings. The van der Waals surface area contributed by atoms with E-state index in [2.05, 4.69) is 11.0 Å². The Hall–Kier alpha value is -1.65. The molecule has 0 amide bonds. The van der Waals surface area contributed by atoms with Crippen molar-refractivity contribution in [2.75, 3.05) is 26.8 Å². The smallest absolute Gasteiger partial charge is 0.328 e. The zero-order valence-electron chi connectivity index (χ0n) is 12.5. The Morgan fingerprint density at radius 2 is 2.29 bits per heavy atom. The average molecular weight is 289 g/mol. The van der Waals surface area contributed by atoms with Crippen LogP contribution < -0.4 is 0 Å². The van der Waals surface area contributed by atoms with E-state index in [4.69, 9.17) is 9.84 Å². The summed E-state index contributed by atoms with van der Waals surface area (Å²) in [5.74, 6) is -0.312. The van der Waals surface area contributed by atoms with Gasteiger partial charge in [0.05, 0.1) is 6.61 Å². The molecule has 1 saturated heterocycles. The first kappa shape index (κ1) is 15.7. The van der Waals surface area contributed by atoms with Crippen LogP contribution >= 0.6 is 0 Å². The van der Waals surface area contributed by atoms with Crippen molar-refractivity contribution < 1.29 is 14.6 Å². The Morgan fingerprint density at radius 1 is 1.48 bits per heavy atom. The summed E-state index contributed by atoms with van der Waals surface area (Å²) in [5.41, 5.74) is 2.15. The largest absolute Gasteiger partial charge is 0.478 e. The summed E-state index contributed by atoms with van der Waals surface area (Å²) in [6.45, 7) is 3.82. The number of piperidine rings is 1. The zero-order valence-corrected chi connectivity index (χ0v) is 12.5. The summed E-state index contributed by atoms with van der Waals surface area (Å²) in [4.78, 5) is 13.1. The van der Waals surface area contributed by atoms with Crippen molar-refractivity contribution >= 4 is 12.0 Å². The number of hydrogen-bond acceptors (Lipinski definition) is 3. The quantitative estimate of drug-likeness (QED) is 0.818. The Labute approximate surface area is 126 Å². The first-order chi connectivity index (χ1) is 10.2. The number of rotatable bonds is 6. The minimum atomic E-state index is -0.914. The van der Waals surface area contributed by atoms with Crippen LogP contribution in [0.15, 0.2) is 30.3 Å². The number of carboxylic acid groups (broad SMARTS) is 1. The number of carbonyl (C=O) groups is 1. The summed E-state index contributed by atoms with van der Waals surface area (Å²) in [6.07, 6.45) is 5.29. The van der Waals surface area contributed by atoms with Crippen molar-refractivity contribution in [3.63, 3.8) is 0 Å². The number of methoxy groups -OCH3 is 1. The SMILES string of the molecule is COCC1CCCN(Cc2ccccc2/C=C/C(=O)O)C1. The summed E-state index contributed by atoms with van der Waals surface area (Å²) in [6, 6.07) is 7.98. The molecule has 1 heterocycles. The predicted molar refractivity (Wildman–Crippen MR) is 83.0 cm³/mol. The van der Waals surface area contributed by atoms with Crippen LogP contribution in [0.2, 0.25) is 0 Å². The minimum absolute atomic E-state index is 0.602. The lowest BCUT2D eigenvalue weighted by molar-refractivity contribution is -0.131. The highest BCUT2D eigenvalue weighted by atomic mass is 16.5. The monoisotopic (exact) mass is 289 g/mol. The highest BCUT2D eigenvalue weighted by molar-refractivity contribution is 5.85. The van der Waals surface area contributed by atoms with Crippen LogP contribution in [0.4, 0.5) is 0 Å². The standard InChI is InChI=1S/C17H23NO3/c1-21-13-14-5-4-10-18(11-14)12-16-7-3-2-6-15(16)8-9-17(19)20/h2-3,6-9,14H,4-5,10-13H2,1H3,(H,19,20)/b9-8+. The fraction of sp³-hybridized carbons (Fsp3) is 0.471. The van der Waals surface area contributed by atoms with Crippen molar-refractivity contribution in [3.8, 4) is 0 Å². The van der Waals surface area contributed by atoms with Crippen LogP contribution in [-0.2, 0) is 16.1 Å². The van der Waals surface area contributed by atoms with Crippen molar-refractivity contribution in [1.82, 2.24) is 4.90 Å². The van der Waals surface area contributed by atoms with Crippen LogP contribution in [0, 0.1) is 5.92 Å². The molecular weight excluding hydrogens is 266 g/mol. The van der Waals surface area contributed by atoms with Crippen molar-refractivity contribution in [2.24, 2.45) is 5.92 Å². The van der Waals surface area contributed by atoms with Gasteiger partial charge >= 0.3 is 5.97 Å². The van der Waals surface area contributed by atoms with E-state index in [0.717, 1.165) is 31.8 Å². The van der Waals surface area contributed by atoms with Crippen LogP contribution in [0.5, 0.6) is 0 Å². The second-order valence-corrected chi connectivity index (χ2v) is 5.57. The van der Waals surface area contributed by atoms with E-state index < -0.39 is 5.97 Å². The molecule has 1 aliphatic rings. The molecule has 4 heteroatoms. The van der Waals surface area contributed by atoms with E-state index in [1.165, 1.54) is 24.5 Å². The molecule has 0 aliphatic carbocycles. The van der Waals surface area contributed by atoms with Gasteiger partial charge in [0.1, 0.15) is 0 Å². The molecule has 1 aliphatic heterocycles. The van der Waals surface area contributed by atoms with Gasteiger partial charge in [-0.15, -0.1) is 0 Å². The highest BCUT2D eigenvalue weighted by Gasteiger charge is 2.20. The number of hydrogen-bond donors (Lipinski definition) is 1. The third-order valence-electron chi connectivity index (χ3n) is 3.86. The van der Waals surface area contributed by atoms with Crippen LogP contribution in [0.3, 0.4) is 0 Å². The molecule has 21 heavy (non-hydrogen) atoms. The molecule has 1 aromatic carbocycles. The third kappa shape index (κ3) is 4.99. The van der Waals surface area contributed by atoms with Crippen molar-refractivity contribution in [2.45, 2.75) is 19.4 Å². The van der Waals surface area contributed by atoms with E-state index in [1.54, 1.807) is 13.2 Å². The molecule has 1 N–H and O–H groups in total. The van der Waals surface area contributed by atoms with E-state index >= 15 is 0 Å². The Kier molecular flexibility index (Phi) is 5.96. The molecular formula is C17H23NO3. The van der Waals surface area contributed by atoms with Gasteiger partial charge in [-0.2, -0.15) is 0 Å². The molecule has 4 nitrogen and oxygen atoms in total. The molecule has 1 unspecified atom stereocenters. The molecule has 0 bridgehead atoms. The van der Waals surface area contributed by atoms with E-state index in [9.17, 15) is 4.79 Å². The first-order valence-corrected chi connectivity index (χ1v) is 7.39. The number of benzene rings is 1. The second-order valence-electron chi connectivity index (χ2n) is 5.57.